The highest BCUT2D eigenvalue weighted by Crippen LogP contribution is 2.29. The van der Waals surface area contributed by atoms with Crippen molar-refractivity contribution in [2.24, 2.45) is 0 Å². The Morgan fingerprint density at radius 3 is 2.44 bits per heavy atom. The molecule has 1 N–H and O–H groups in total. The highest BCUT2D eigenvalue weighted by atomic mass is 16.3. The molecule has 0 atom stereocenters. The minimum Gasteiger partial charge on any atom is -0.392 e. The van der Waals surface area contributed by atoms with E-state index in [9.17, 15) is 0 Å². The lowest BCUT2D eigenvalue weighted by Gasteiger charge is -2.37. The number of piperazine rings is 1. The average Bonchev–Trinajstić information content (AvgIpc) is 3.23. The Morgan fingerprint density at radius 1 is 1.17 bits per heavy atom. The molecule has 0 radical (unpaired) electrons. The summed E-state index contributed by atoms with van der Waals surface area (Å²) in [6, 6.07) is 7.19. The van der Waals surface area contributed by atoms with Crippen LogP contribution in [0.4, 0.5) is 5.69 Å². The van der Waals surface area contributed by atoms with Crippen LogP contribution in [0.2, 0.25) is 0 Å². The second kappa shape index (κ2) is 4.90. The minimum atomic E-state index is 0.135. The molecule has 1 aromatic carbocycles. The molecule has 2 aliphatic rings. The molecule has 1 aliphatic carbocycles. The number of rotatable bonds is 3. The van der Waals surface area contributed by atoms with Crippen molar-refractivity contribution >= 4 is 5.69 Å². The molecular formula is C15H22N2O. The number of anilines is 1. The molecule has 0 aromatic heterocycles. The molecule has 1 aromatic rings. The lowest BCUT2D eigenvalue weighted by Crippen LogP contribution is -2.47. The van der Waals surface area contributed by atoms with E-state index in [2.05, 4.69) is 28.9 Å². The lowest BCUT2D eigenvalue weighted by molar-refractivity contribution is 0.248. The van der Waals surface area contributed by atoms with Gasteiger partial charge < -0.3 is 10.0 Å². The maximum Gasteiger partial charge on any atom is 0.0681 e. The monoisotopic (exact) mass is 246 g/mol. The molecule has 1 aliphatic heterocycles. The molecule has 0 bridgehead atoms. The van der Waals surface area contributed by atoms with Gasteiger partial charge in [0.25, 0.3) is 0 Å². The number of hydrogen-bond donors (Lipinski definition) is 1. The summed E-state index contributed by atoms with van der Waals surface area (Å²) in [5, 5.41) is 9.15. The second-order valence-electron chi connectivity index (χ2n) is 5.53. The van der Waals surface area contributed by atoms with Gasteiger partial charge in [-0.05, 0) is 37.0 Å². The van der Waals surface area contributed by atoms with Crippen LogP contribution in [-0.4, -0.2) is 42.2 Å². The molecule has 0 spiro atoms. The molecule has 1 saturated heterocycles. The van der Waals surface area contributed by atoms with E-state index in [1.54, 1.807) is 0 Å². The Morgan fingerprint density at radius 2 is 1.89 bits per heavy atom. The van der Waals surface area contributed by atoms with Gasteiger partial charge in [0, 0.05) is 37.9 Å². The van der Waals surface area contributed by atoms with Crippen LogP contribution in [0.5, 0.6) is 0 Å². The van der Waals surface area contributed by atoms with E-state index in [1.807, 2.05) is 6.07 Å². The first-order chi connectivity index (χ1) is 8.78. The summed E-state index contributed by atoms with van der Waals surface area (Å²) in [5.74, 6) is 0. The number of nitrogens with zero attached hydrogens (tertiary/aromatic N) is 2. The maximum absolute atomic E-state index is 9.15. The Balaban J connectivity index is 1.68. The summed E-state index contributed by atoms with van der Waals surface area (Å²) in [7, 11) is 0. The number of hydrogen-bond acceptors (Lipinski definition) is 3. The Labute approximate surface area is 109 Å². The summed E-state index contributed by atoms with van der Waals surface area (Å²) in [4.78, 5) is 5.11. The van der Waals surface area contributed by atoms with Crippen LogP contribution in [0.1, 0.15) is 24.0 Å². The molecule has 3 nitrogen and oxygen atoms in total. The van der Waals surface area contributed by atoms with Crippen LogP contribution >= 0.6 is 0 Å². The zero-order valence-corrected chi connectivity index (χ0v) is 11.1. The smallest absolute Gasteiger partial charge is 0.0681 e. The van der Waals surface area contributed by atoms with Gasteiger partial charge in [-0.3, -0.25) is 4.90 Å². The average molecular weight is 246 g/mol. The van der Waals surface area contributed by atoms with E-state index in [-0.39, 0.29) is 6.61 Å². The van der Waals surface area contributed by atoms with Crippen molar-refractivity contribution in [2.75, 3.05) is 31.1 Å². The number of aliphatic hydroxyl groups is 1. The third-order valence-corrected chi connectivity index (χ3v) is 4.16. The number of benzene rings is 1. The first-order valence-corrected chi connectivity index (χ1v) is 6.97. The van der Waals surface area contributed by atoms with Crippen molar-refractivity contribution in [1.82, 2.24) is 4.90 Å². The van der Waals surface area contributed by atoms with Gasteiger partial charge in [-0.2, -0.15) is 0 Å². The Kier molecular flexibility index (Phi) is 3.27. The summed E-state index contributed by atoms with van der Waals surface area (Å²) < 4.78 is 0. The van der Waals surface area contributed by atoms with Crippen molar-refractivity contribution in [3.05, 3.63) is 29.3 Å². The van der Waals surface area contributed by atoms with E-state index in [1.165, 1.54) is 37.2 Å². The summed E-state index contributed by atoms with van der Waals surface area (Å²) in [6.07, 6.45) is 2.81. The van der Waals surface area contributed by atoms with Gasteiger partial charge in [0.1, 0.15) is 0 Å². The highest BCUT2D eigenvalue weighted by Gasteiger charge is 2.31. The molecule has 2 fully saturated rings. The second-order valence-corrected chi connectivity index (χ2v) is 5.53. The predicted molar refractivity (Wildman–Crippen MR) is 73.9 cm³/mol. The van der Waals surface area contributed by atoms with Crippen LogP contribution in [0.3, 0.4) is 0 Å². The highest BCUT2D eigenvalue weighted by molar-refractivity contribution is 5.54. The molecule has 3 rings (SSSR count). The van der Waals surface area contributed by atoms with Gasteiger partial charge in [0.05, 0.1) is 6.61 Å². The molecule has 1 saturated carbocycles. The molecule has 98 valence electrons. The summed E-state index contributed by atoms with van der Waals surface area (Å²) in [5.41, 5.74) is 3.62. The van der Waals surface area contributed by atoms with Gasteiger partial charge in [-0.15, -0.1) is 0 Å². The standard InChI is InChI=1S/C15H22N2O/c1-12-10-13(11-18)2-5-15(12)17-8-6-16(7-9-17)14-3-4-14/h2,5,10,14,18H,3-4,6-9,11H2,1H3. The zero-order chi connectivity index (χ0) is 12.5. The predicted octanol–water partition coefficient (Wildman–Crippen LogP) is 1.77. The van der Waals surface area contributed by atoms with Crippen molar-refractivity contribution < 1.29 is 5.11 Å². The minimum absolute atomic E-state index is 0.135. The fraction of sp³-hybridized carbons (Fsp3) is 0.600. The van der Waals surface area contributed by atoms with E-state index >= 15 is 0 Å². The summed E-state index contributed by atoms with van der Waals surface area (Å²) >= 11 is 0. The van der Waals surface area contributed by atoms with Gasteiger partial charge in [0.15, 0.2) is 0 Å². The van der Waals surface area contributed by atoms with Gasteiger partial charge >= 0.3 is 0 Å². The molecule has 3 heteroatoms. The molecule has 0 unspecified atom stereocenters. The van der Waals surface area contributed by atoms with Crippen molar-refractivity contribution in [3.8, 4) is 0 Å². The number of aryl methyl sites for hydroxylation is 1. The van der Waals surface area contributed by atoms with Crippen molar-refractivity contribution in [2.45, 2.75) is 32.4 Å². The Hall–Kier alpha value is -1.06. The van der Waals surface area contributed by atoms with Gasteiger partial charge in [-0.1, -0.05) is 12.1 Å². The van der Waals surface area contributed by atoms with Crippen LogP contribution in [0.15, 0.2) is 18.2 Å². The van der Waals surface area contributed by atoms with Crippen LogP contribution in [0.25, 0.3) is 0 Å². The van der Waals surface area contributed by atoms with Crippen LogP contribution in [-0.2, 0) is 6.61 Å². The van der Waals surface area contributed by atoms with Crippen molar-refractivity contribution in [3.63, 3.8) is 0 Å². The quantitative estimate of drug-likeness (QED) is 0.880. The third-order valence-electron chi connectivity index (χ3n) is 4.16. The fourth-order valence-electron chi connectivity index (χ4n) is 2.94. The largest absolute Gasteiger partial charge is 0.392 e. The first-order valence-electron chi connectivity index (χ1n) is 6.97. The van der Waals surface area contributed by atoms with Crippen molar-refractivity contribution in [1.29, 1.82) is 0 Å². The topological polar surface area (TPSA) is 26.7 Å². The normalized spacial score (nSPS) is 21.3. The Bertz CT molecular complexity index is 421. The molecule has 18 heavy (non-hydrogen) atoms. The van der Waals surface area contributed by atoms with E-state index in [0.29, 0.717) is 0 Å². The van der Waals surface area contributed by atoms with E-state index in [0.717, 1.165) is 24.7 Å². The maximum atomic E-state index is 9.15. The molecule has 0 amide bonds. The lowest BCUT2D eigenvalue weighted by atomic mass is 10.1. The SMILES string of the molecule is Cc1cc(CO)ccc1N1CCN(C2CC2)CC1. The van der Waals surface area contributed by atoms with Gasteiger partial charge in [0.2, 0.25) is 0 Å². The van der Waals surface area contributed by atoms with Crippen LogP contribution in [0, 0.1) is 6.92 Å². The molecule has 1 heterocycles. The zero-order valence-electron chi connectivity index (χ0n) is 11.1. The van der Waals surface area contributed by atoms with E-state index in [4.69, 9.17) is 5.11 Å². The first kappa shape index (κ1) is 12.0. The molecular weight excluding hydrogens is 224 g/mol. The fourth-order valence-corrected chi connectivity index (χ4v) is 2.94. The van der Waals surface area contributed by atoms with Gasteiger partial charge in [-0.25, -0.2) is 0 Å². The third kappa shape index (κ3) is 2.38. The summed E-state index contributed by atoms with van der Waals surface area (Å²) in [6.45, 7) is 6.95. The van der Waals surface area contributed by atoms with E-state index < -0.39 is 0 Å². The van der Waals surface area contributed by atoms with Crippen LogP contribution < -0.4 is 4.90 Å². The number of aliphatic hydroxyl groups excluding tert-OH is 1.